The molecule has 0 saturated heterocycles. The van der Waals surface area contributed by atoms with Crippen molar-refractivity contribution < 1.29 is 9.53 Å². The van der Waals surface area contributed by atoms with E-state index in [-0.39, 0.29) is 12.1 Å². The van der Waals surface area contributed by atoms with Crippen molar-refractivity contribution in [1.82, 2.24) is 0 Å². The van der Waals surface area contributed by atoms with Gasteiger partial charge in [0.15, 0.2) is 0 Å². The van der Waals surface area contributed by atoms with Crippen LogP contribution in [0.1, 0.15) is 27.2 Å². The summed E-state index contributed by atoms with van der Waals surface area (Å²) >= 11 is 0. The zero-order valence-electron chi connectivity index (χ0n) is 8.62. The molecule has 3 nitrogen and oxygen atoms in total. The summed E-state index contributed by atoms with van der Waals surface area (Å²) in [4.78, 5) is 11.3. The lowest BCUT2D eigenvalue weighted by Gasteiger charge is -2.18. The average Bonchev–Trinajstić information content (AvgIpc) is 2.04. The number of carbonyl (C=O) groups is 1. The molecule has 0 bridgehead atoms. The molecule has 0 spiro atoms. The number of rotatable bonds is 5. The van der Waals surface area contributed by atoms with Crippen LogP contribution >= 0.6 is 0 Å². The summed E-state index contributed by atoms with van der Waals surface area (Å²) in [6.07, 6.45) is 2.00. The molecule has 0 aromatic heterocycles. The Morgan fingerprint density at radius 2 is 2.08 bits per heavy atom. The SMILES string of the molecule is C=CCC(N)C(=O)OC(C)C(C)C. The van der Waals surface area contributed by atoms with Crippen LogP contribution in [-0.2, 0) is 9.53 Å². The summed E-state index contributed by atoms with van der Waals surface area (Å²) in [5, 5.41) is 0. The summed E-state index contributed by atoms with van der Waals surface area (Å²) in [6, 6.07) is -0.571. The fourth-order valence-electron chi connectivity index (χ4n) is 0.682. The standard InChI is InChI=1S/C10H19NO2/c1-5-6-9(11)10(12)13-8(4)7(2)3/h5,7-9H,1,6,11H2,2-4H3. The van der Waals surface area contributed by atoms with Crippen molar-refractivity contribution in [1.29, 1.82) is 0 Å². The third-order valence-corrected chi connectivity index (χ3v) is 1.96. The maximum absolute atomic E-state index is 11.3. The maximum Gasteiger partial charge on any atom is 0.323 e. The van der Waals surface area contributed by atoms with Crippen LogP contribution in [0.2, 0.25) is 0 Å². The lowest BCUT2D eigenvalue weighted by molar-refractivity contribution is -0.151. The van der Waals surface area contributed by atoms with Crippen molar-refractivity contribution in [3.05, 3.63) is 12.7 Å². The second-order valence-corrected chi connectivity index (χ2v) is 3.52. The van der Waals surface area contributed by atoms with Gasteiger partial charge >= 0.3 is 5.97 Å². The van der Waals surface area contributed by atoms with Gasteiger partial charge in [0.2, 0.25) is 0 Å². The van der Waals surface area contributed by atoms with Crippen molar-refractivity contribution in [3.8, 4) is 0 Å². The van der Waals surface area contributed by atoms with Crippen molar-refractivity contribution in [2.24, 2.45) is 11.7 Å². The molecule has 0 aliphatic rings. The number of hydrogen-bond acceptors (Lipinski definition) is 3. The fourth-order valence-corrected chi connectivity index (χ4v) is 0.682. The molecule has 13 heavy (non-hydrogen) atoms. The molecule has 76 valence electrons. The van der Waals surface area contributed by atoms with Gasteiger partial charge in [0, 0.05) is 0 Å². The molecule has 3 heteroatoms. The monoisotopic (exact) mass is 185 g/mol. The van der Waals surface area contributed by atoms with Gasteiger partial charge in [-0.1, -0.05) is 19.9 Å². The summed E-state index contributed by atoms with van der Waals surface area (Å²) < 4.78 is 5.11. The van der Waals surface area contributed by atoms with E-state index in [1.54, 1.807) is 6.08 Å². The van der Waals surface area contributed by atoms with E-state index in [4.69, 9.17) is 10.5 Å². The summed E-state index contributed by atoms with van der Waals surface area (Å²) in [5.74, 6) is -0.0269. The molecule has 0 saturated carbocycles. The second-order valence-electron chi connectivity index (χ2n) is 3.52. The van der Waals surface area contributed by atoms with E-state index >= 15 is 0 Å². The van der Waals surface area contributed by atoms with Crippen molar-refractivity contribution in [2.45, 2.75) is 39.3 Å². The Morgan fingerprint density at radius 3 is 2.46 bits per heavy atom. The molecule has 2 atom stereocenters. The van der Waals surface area contributed by atoms with Gasteiger partial charge in [-0.3, -0.25) is 4.79 Å². The van der Waals surface area contributed by atoms with E-state index in [0.29, 0.717) is 12.3 Å². The van der Waals surface area contributed by atoms with Crippen LogP contribution in [0.5, 0.6) is 0 Å². The molecule has 0 aliphatic heterocycles. The van der Waals surface area contributed by atoms with Crippen molar-refractivity contribution in [2.75, 3.05) is 0 Å². The summed E-state index contributed by atoms with van der Waals surface area (Å²) in [6.45, 7) is 9.37. The Kier molecular flexibility index (Phi) is 5.39. The molecular weight excluding hydrogens is 166 g/mol. The summed E-state index contributed by atoms with van der Waals surface area (Å²) in [7, 11) is 0. The van der Waals surface area contributed by atoms with Gasteiger partial charge in [-0.05, 0) is 19.3 Å². The Labute approximate surface area is 79.9 Å². The number of ether oxygens (including phenoxy) is 1. The predicted molar refractivity (Wildman–Crippen MR) is 53.2 cm³/mol. The first-order valence-electron chi connectivity index (χ1n) is 4.56. The molecule has 0 rings (SSSR count). The van der Waals surface area contributed by atoms with Crippen molar-refractivity contribution in [3.63, 3.8) is 0 Å². The molecule has 0 aromatic carbocycles. The van der Waals surface area contributed by atoms with Crippen LogP contribution in [0, 0.1) is 5.92 Å². The largest absolute Gasteiger partial charge is 0.461 e. The third-order valence-electron chi connectivity index (χ3n) is 1.96. The van der Waals surface area contributed by atoms with Crippen LogP contribution in [0.15, 0.2) is 12.7 Å². The number of esters is 1. The normalized spacial score (nSPS) is 15.2. The highest BCUT2D eigenvalue weighted by molar-refractivity contribution is 5.75. The molecule has 0 amide bonds. The van der Waals surface area contributed by atoms with E-state index in [0.717, 1.165) is 0 Å². The van der Waals surface area contributed by atoms with Gasteiger partial charge in [0.1, 0.15) is 12.1 Å². The lowest BCUT2D eigenvalue weighted by Crippen LogP contribution is -2.35. The van der Waals surface area contributed by atoms with Gasteiger partial charge in [0.25, 0.3) is 0 Å². The van der Waals surface area contributed by atoms with Gasteiger partial charge in [-0.25, -0.2) is 0 Å². The molecule has 0 radical (unpaired) electrons. The van der Waals surface area contributed by atoms with Crippen LogP contribution in [-0.4, -0.2) is 18.1 Å². The smallest absolute Gasteiger partial charge is 0.323 e. The molecule has 0 heterocycles. The molecule has 0 aliphatic carbocycles. The van der Waals surface area contributed by atoms with Gasteiger partial charge in [-0.2, -0.15) is 0 Å². The molecule has 2 N–H and O–H groups in total. The van der Waals surface area contributed by atoms with Crippen LogP contribution in [0.25, 0.3) is 0 Å². The minimum atomic E-state index is -0.571. The summed E-state index contributed by atoms with van der Waals surface area (Å²) in [5.41, 5.74) is 5.53. The zero-order valence-corrected chi connectivity index (χ0v) is 8.62. The topological polar surface area (TPSA) is 52.3 Å². The molecule has 0 aromatic rings. The highest BCUT2D eigenvalue weighted by Crippen LogP contribution is 2.06. The van der Waals surface area contributed by atoms with E-state index in [1.807, 2.05) is 20.8 Å². The van der Waals surface area contributed by atoms with E-state index in [2.05, 4.69) is 6.58 Å². The Balaban J connectivity index is 3.92. The van der Waals surface area contributed by atoms with E-state index in [1.165, 1.54) is 0 Å². The van der Waals surface area contributed by atoms with Gasteiger partial charge < -0.3 is 10.5 Å². The first-order chi connectivity index (χ1) is 5.99. The van der Waals surface area contributed by atoms with Crippen LogP contribution in [0.4, 0.5) is 0 Å². The maximum atomic E-state index is 11.3. The molecule has 2 unspecified atom stereocenters. The lowest BCUT2D eigenvalue weighted by atomic mass is 10.1. The third kappa shape index (κ3) is 4.68. The minimum absolute atomic E-state index is 0.0802. The second kappa shape index (κ2) is 5.75. The fraction of sp³-hybridized carbons (Fsp3) is 0.700. The average molecular weight is 185 g/mol. The van der Waals surface area contributed by atoms with E-state index in [9.17, 15) is 4.79 Å². The first kappa shape index (κ1) is 12.2. The predicted octanol–water partition coefficient (Wildman–Crippen LogP) is 1.48. The Hall–Kier alpha value is -0.830. The van der Waals surface area contributed by atoms with Gasteiger partial charge in [0.05, 0.1) is 0 Å². The Morgan fingerprint density at radius 1 is 1.54 bits per heavy atom. The highest BCUT2D eigenvalue weighted by Gasteiger charge is 2.18. The number of hydrogen-bond donors (Lipinski definition) is 1. The first-order valence-corrected chi connectivity index (χ1v) is 4.56. The van der Waals surface area contributed by atoms with Crippen molar-refractivity contribution >= 4 is 5.97 Å². The number of nitrogens with two attached hydrogens (primary N) is 1. The van der Waals surface area contributed by atoms with E-state index < -0.39 is 6.04 Å². The van der Waals surface area contributed by atoms with Crippen LogP contribution < -0.4 is 5.73 Å². The zero-order chi connectivity index (χ0) is 10.4. The quantitative estimate of drug-likeness (QED) is 0.521. The number of carbonyl (C=O) groups excluding carboxylic acids is 1. The Bertz CT molecular complexity index is 178. The molecular formula is C10H19NO2. The minimum Gasteiger partial charge on any atom is -0.461 e. The molecule has 0 fully saturated rings. The van der Waals surface area contributed by atoms with Gasteiger partial charge in [-0.15, -0.1) is 6.58 Å². The highest BCUT2D eigenvalue weighted by atomic mass is 16.5. The van der Waals surface area contributed by atoms with Crippen LogP contribution in [0.3, 0.4) is 0 Å².